The van der Waals surface area contributed by atoms with Gasteiger partial charge in [0.1, 0.15) is 0 Å². The van der Waals surface area contributed by atoms with Crippen molar-refractivity contribution in [3.05, 3.63) is 82.7 Å². The summed E-state index contributed by atoms with van der Waals surface area (Å²) in [5.41, 5.74) is 4.25. The van der Waals surface area contributed by atoms with Crippen molar-refractivity contribution in [2.45, 2.75) is 108 Å². The minimum absolute atomic E-state index is 0.0569. The highest BCUT2D eigenvalue weighted by atomic mass is 15.2. The predicted molar refractivity (Wildman–Crippen MR) is 155 cm³/mol. The number of allylic oxidation sites excluding steroid dienone is 2. The van der Waals surface area contributed by atoms with Gasteiger partial charge in [-0.3, -0.25) is 4.98 Å². The molecule has 0 saturated heterocycles. The topological polar surface area (TPSA) is 102 Å². The summed E-state index contributed by atoms with van der Waals surface area (Å²) in [6.07, 6.45) is 12.1. The van der Waals surface area contributed by atoms with E-state index in [2.05, 4.69) is 71.9 Å². The Morgan fingerprint density at radius 1 is 0.650 bits per heavy atom. The number of rotatable bonds is 3. The Morgan fingerprint density at radius 3 is 1.82 bits per heavy atom. The number of hydrogen-bond acceptors (Lipinski definition) is 8. The highest BCUT2D eigenvalue weighted by molar-refractivity contribution is 5.65. The number of pyridine rings is 1. The predicted octanol–water partition coefficient (Wildman–Crippen LogP) is 5.59. The van der Waals surface area contributed by atoms with Gasteiger partial charge < -0.3 is 5.32 Å². The third-order valence-electron chi connectivity index (χ3n) is 9.29. The van der Waals surface area contributed by atoms with E-state index >= 15 is 0 Å². The van der Waals surface area contributed by atoms with Gasteiger partial charge >= 0.3 is 0 Å². The van der Waals surface area contributed by atoms with Crippen molar-refractivity contribution in [2.75, 3.05) is 0 Å². The molecule has 0 bridgehead atoms. The molecule has 2 aliphatic carbocycles. The van der Waals surface area contributed by atoms with E-state index in [0.29, 0.717) is 11.6 Å². The molecule has 0 fully saturated rings. The van der Waals surface area contributed by atoms with Crippen molar-refractivity contribution in [3.8, 4) is 0 Å². The minimum atomic E-state index is -0.945. The number of dihydropyridines is 1. The molecule has 3 aromatic heterocycles. The van der Waals surface area contributed by atoms with Crippen LogP contribution in [0.2, 0.25) is 0 Å². The molecule has 8 heteroatoms. The molecular formula is C32H40N8. The molecule has 208 valence electrons. The van der Waals surface area contributed by atoms with Crippen molar-refractivity contribution in [3.63, 3.8) is 0 Å². The van der Waals surface area contributed by atoms with Gasteiger partial charge in [0.05, 0.1) is 34.2 Å². The molecule has 0 radical (unpaired) electrons. The van der Waals surface area contributed by atoms with Crippen LogP contribution in [0.15, 0.2) is 42.6 Å². The summed E-state index contributed by atoms with van der Waals surface area (Å²) in [5.74, 6) is 1.12. The van der Waals surface area contributed by atoms with E-state index in [1.807, 2.05) is 30.4 Å². The van der Waals surface area contributed by atoms with Crippen molar-refractivity contribution in [2.24, 2.45) is 0 Å². The summed E-state index contributed by atoms with van der Waals surface area (Å²) >= 11 is 0. The van der Waals surface area contributed by atoms with Crippen LogP contribution < -0.4 is 5.32 Å². The molecule has 1 aliphatic heterocycles. The minimum Gasteiger partial charge on any atom is -0.361 e. The normalized spacial score (nSPS) is 25.2. The number of nitrogens with zero attached hydrogens (tertiary/aromatic N) is 7. The summed E-state index contributed by atoms with van der Waals surface area (Å²) in [6.45, 7) is 17.9. The molecular weight excluding hydrogens is 496 g/mol. The van der Waals surface area contributed by atoms with Crippen molar-refractivity contribution < 1.29 is 0 Å². The summed E-state index contributed by atoms with van der Waals surface area (Å²) in [7, 11) is 0. The highest BCUT2D eigenvalue weighted by Gasteiger charge is 2.45. The molecule has 3 aliphatic rings. The maximum atomic E-state index is 5.26. The monoisotopic (exact) mass is 536 g/mol. The van der Waals surface area contributed by atoms with Crippen LogP contribution in [0.25, 0.3) is 5.70 Å². The number of nitrogens with one attached hydrogen (secondary N) is 1. The van der Waals surface area contributed by atoms with Crippen LogP contribution in [0.4, 0.5) is 0 Å². The van der Waals surface area contributed by atoms with Crippen molar-refractivity contribution in [1.82, 2.24) is 40.7 Å². The number of hydrogen-bond donors (Lipinski definition) is 1. The fourth-order valence-corrected chi connectivity index (χ4v) is 6.22. The van der Waals surface area contributed by atoms with E-state index < -0.39 is 5.54 Å². The van der Waals surface area contributed by atoms with Crippen molar-refractivity contribution in [1.29, 1.82) is 0 Å². The number of aromatic nitrogens is 7. The summed E-state index contributed by atoms with van der Waals surface area (Å²) < 4.78 is 0. The Bertz CT molecular complexity index is 1530. The van der Waals surface area contributed by atoms with Crippen LogP contribution in [-0.4, -0.2) is 35.3 Å². The lowest BCUT2D eigenvalue weighted by Gasteiger charge is -2.41. The lowest BCUT2D eigenvalue weighted by Crippen LogP contribution is -2.46. The Hall–Kier alpha value is -3.55. The first-order chi connectivity index (χ1) is 18.8. The second kappa shape index (κ2) is 8.72. The van der Waals surface area contributed by atoms with Gasteiger partial charge in [-0.25, -0.2) is 9.97 Å². The quantitative estimate of drug-likeness (QED) is 0.462. The van der Waals surface area contributed by atoms with Crippen LogP contribution in [0.1, 0.15) is 121 Å². The average Bonchev–Trinajstić information content (AvgIpc) is 2.94. The zero-order chi connectivity index (χ0) is 28.6. The SMILES string of the molecule is CC1(C)CCC(C)(C)c2nc(C3=CC=CC(c4ccccn4)(c4nnc5c(n4)C(C)(C)CCC5(C)C)N3)nnc21. The zero-order valence-electron chi connectivity index (χ0n) is 25.0. The molecule has 1 atom stereocenters. The maximum absolute atomic E-state index is 5.26. The molecule has 0 spiro atoms. The van der Waals surface area contributed by atoms with Gasteiger partial charge in [0, 0.05) is 27.9 Å². The molecule has 1 unspecified atom stereocenters. The summed E-state index contributed by atoms with van der Waals surface area (Å²) in [6, 6.07) is 5.90. The first-order valence-corrected chi connectivity index (χ1v) is 14.4. The van der Waals surface area contributed by atoms with Crippen LogP contribution in [0, 0.1) is 0 Å². The van der Waals surface area contributed by atoms with Crippen LogP contribution in [0.3, 0.4) is 0 Å². The first-order valence-electron chi connectivity index (χ1n) is 14.4. The van der Waals surface area contributed by atoms with Crippen LogP contribution in [0.5, 0.6) is 0 Å². The van der Waals surface area contributed by atoms with Gasteiger partial charge in [-0.1, -0.05) is 67.5 Å². The Labute approximate surface area is 237 Å². The Morgan fingerprint density at radius 2 is 1.23 bits per heavy atom. The molecule has 0 amide bonds. The Kier molecular flexibility index (Phi) is 5.81. The second-order valence-corrected chi connectivity index (χ2v) is 14.3. The summed E-state index contributed by atoms with van der Waals surface area (Å²) in [4.78, 5) is 15.2. The molecule has 0 aromatic carbocycles. The molecule has 6 rings (SSSR count). The van der Waals surface area contributed by atoms with E-state index in [-0.39, 0.29) is 21.7 Å². The van der Waals surface area contributed by atoms with Crippen molar-refractivity contribution >= 4 is 5.70 Å². The average molecular weight is 537 g/mol. The molecule has 1 N–H and O–H groups in total. The standard InChI is InChI=1S/C32H40N8/c1-28(2)15-17-30(5,6)24-22(28)34-26(39-37-24)20-12-11-14-32(36-20,21-13-9-10-19-33-21)27-35-23-25(38-40-27)31(7,8)18-16-29(23,3)4/h9-14,19,36H,15-18H2,1-8H3. The largest absolute Gasteiger partial charge is 0.361 e. The van der Waals surface area contributed by atoms with E-state index in [9.17, 15) is 0 Å². The second-order valence-electron chi connectivity index (χ2n) is 14.3. The van der Waals surface area contributed by atoms with Gasteiger partial charge in [0.25, 0.3) is 0 Å². The number of fused-ring (bicyclic) bond motifs is 2. The van der Waals surface area contributed by atoms with Gasteiger partial charge in [0.2, 0.25) is 0 Å². The van der Waals surface area contributed by atoms with Crippen LogP contribution in [-0.2, 0) is 27.2 Å². The first kappa shape index (κ1) is 26.7. The maximum Gasteiger partial charge on any atom is 0.198 e. The smallest absolute Gasteiger partial charge is 0.198 e. The van der Waals surface area contributed by atoms with Crippen LogP contribution >= 0.6 is 0 Å². The third kappa shape index (κ3) is 4.14. The van der Waals surface area contributed by atoms with E-state index in [1.54, 1.807) is 6.20 Å². The lowest BCUT2D eigenvalue weighted by molar-refractivity contribution is 0.305. The molecule has 3 aromatic rings. The van der Waals surface area contributed by atoms with Gasteiger partial charge in [-0.15, -0.1) is 10.2 Å². The van der Waals surface area contributed by atoms with Gasteiger partial charge in [-0.2, -0.15) is 10.2 Å². The highest BCUT2D eigenvalue weighted by Crippen LogP contribution is 2.46. The fraction of sp³-hybridized carbons (Fsp3) is 0.531. The van der Waals surface area contributed by atoms with E-state index in [4.69, 9.17) is 30.2 Å². The molecule has 40 heavy (non-hydrogen) atoms. The fourth-order valence-electron chi connectivity index (χ4n) is 6.22. The molecule has 4 heterocycles. The molecule has 8 nitrogen and oxygen atoms in total. The van der Waals surface area contributed by atoms with E-state index in [0.717, 1.165) is 59.8 Å². The lowest BCUT2D eigenvalue weighted by atomic mass is 9.67. The van der Waals surface area contributed by atoms with Gasteiger partial charge in [-0.05, 0) is 50.0 Å². The molecule has 0 saturated carbocycles. The van der Waals surface area contributed by atoms with Gasteiger partial charge in [0.15, 0.2) is 17.2 Å². The Balaban J connectivity index is 1.49. The third-order valence-corrected chi connectivity index (χ3v) is 9.29. The zero-order valence-corrected chi connectivity index (χ0v) is 25.0. The summed E-state index contributed by atoms with van der Waals surface area (Å²) in [5, 5.41) is 22.7. The van der Waals surface area contributed by atoms with E-state index in [1.165, 1.54) is 0 Å².